The SMILES string of the molecule is CC(C)(Nc1ccc(Oc2cccc3c2C(C)(C)CO3)nc1)C(N)=O. The van der Waals surface area contributed by atoms with Crippen LogP contribution in [0.25, 0.3) is 0 Å². The van der Waals surface area contributed by atoms with Crippen molar-refractivity contribution in [1.82, 2.24) is 4.98 Å². The molecular weight excluding hydrogens is 318 g/mol. The number of ether oxygens (including phenoxy) is 2. The second-order valence-corrected chi connectivity index (χ2v) is 7.40. The van der Waals surface area contributed by atoms with Crippen LogP contribution in [-0.2, 0) is 10.2 Å². The quantitative estimate of drug-likeness (QED) is 0.872. The van der Waals surface area contributed by atoms with E-state index in [0.29, 0.717) is 18.2 Å². The fraction of sp³-hybridized carbons (Fsp3) is 0.368. The lowest BCUT2D eigenvalue weighted by Gasteiger charge is -2.23. The van der Waals surface area contributed by atoms with Gasteiger partial charge in [-0.2, -0.15) is 0 Å². The van der Waals surface area contributed by atoms with Crippen molar-refractivity contribution in [3.8, 4) is 17.4 Å². The number of amides is 1. The number of carbonyl (C=O) groups excluding carboxylic acids is 1. The van der Waals surface area contributed by atoms with E-state index in [4.69, 9.17) is 15.2 Å². The Hall–Kier alpha value is -2.76. The van der Waals surface area contributed by atoms with E-state index in [-0.39, 0.29) is 5.41 Å². The molecule has 0 atom stereocenters. The Morgan fingerprint density at radius 3 is 2.72 bits per heavy atom. The van der Waals surface area contributed by atoms with Gasteiger partial charge in [0.15, 0.2) is 0 Å². The molecule has 1 amide bonds. The molecule has 132 valence electrons. The third-order valence-electron chi connectivity index (χ3n) is 4.28. The van der Waals surface area contributed by atoms with E-state index in [0.717, 1.165) is 17.1 Å². The van der Waals surface area contributed by atoms with Crippen molar-refractivity contribution in [1.29, 1.82) is 0 Å². The first kappa shape index (κ1) is 17.1. The lowest BCUT2D eigenvalue weighted by molar-refractivity contribution is -0.121. The third kappa shape index (κ3) is 3.38. The molecule has 1 aliphatic heterocycles. The van der Waals surface area contributed by atoms with Crippen LogP contribution in [0.15, 0.2) is 36.5 Å². The number of pyridine rings is 1. The number of nitrogens with two attached hydrogens (primary N) is 1. The Labute approximate surface area is 147 Å². The van der Waals surface area contributed by atoms with Gasteiger partial charge in [0.25, 0.3) is 0 Å². The maximum Gasteiger partial charge on any atom is 0.242 e. The monoisotopic (exact) mass is 341 g/mol. The minimum absolute atomic E-state index is 0.112. The van der Waals surface area contributed by atoms with Crippen molar-refractivity contribution in [2.45, 2.75) is 38.6 Å². The summed E-state index contributed by atoms with van der Waals surface area (Å²) in [4.78, 5) is 15.7. The Kier molecular flexibility index (Phi) is 4.06. The maximum atomic E-state index is 11.4. The van der Waals surface area contributed by atoms with E-state index in [2.05, 4.69) is 24.1 Å². The smallest absolute Gasteiger partial charge is 0.242 e. The third-order valence-corrected chi connectivity index (χ3v) is 4.28. The van der Waals surface area contributed by atoms with Crippen molar-refractivity contribution >= 4 is 11.6 Å². The van der Waals surface area contributed by atoms with Gasteiger partial charge in [-0.25, -0.2) is 4.98 Å². The number of primary amides is 1. The first-order chi connectivity index (χ1) is 11.7. The average Bonchev–Trinajstić information content (AvgIpc) is 2.85. The van der Waals surface area contributed by atoms with E-state index in [1.54, 1.807) is 32.2 Å². The van der Waals surface area contributed by atoms with Gasteiger partial charge in [0.1, 0.15) is 17.0 Å². The predicted molar refractivity (Wildman–Crippen MR) is 96.2 cm³/mol. The van der Waals surface area contributed by atoms with Gasteiger partial charge in [-0.15, -0.1) is 0 Å². The molecule has 0 bridgehead atoms. The van der Waals surface area contributed by atoms with Gasteiger partial charge in [0, 0.05) is 17.0 Å². The van der Waals surface area contributed by atoms with Crippen LogP contribution in [-0.4, -0.2) is 23.0 Å². The lowest BCUT2D eigenvalue weighted by Crippen LogP contribution is -2.45. The van der Waals surface area contributed by atoms with Crippen LogP contribution in [0.4, 0.5) is 5.69 Å². The summed E-state index contributed by atoms with van der Waals surface area (Å²) in [6, 6.07) is 9.32. The van der Waals surface area contributed by atoms with Crippen LogP contribution >= 0.6 is 0 Å². The molecule has 0 radical (unpaired) electrons. The molecule has 3 rings (SSSR count). The van der Waals surface area contributed by atoms with Gasteiger partial charge >= 0.3 is 0 Å². The van der Waals surface area contributed by atoms with E-state index in [1.807, 2.05) is 18.2 Å². The molecule has 1 aliphatic rings. The summed E-state index contributed by atoms with van der Waals surface area (Å²) in [5.74, 6) is 1.63. The molecule has 6 heteroatoms. The number of benzene rings is 1. The normalized spacial score (nSPS) is 15.2. The topological polar surface area (TPSA) is 86.5 Å². The zero-order chi connectivity index (χ0) is 18.2. The van der Waals surface area contributed by atoms with Crippen molar-refractivity contribution in [2.75, 3.05) is 11.9 Å². The van der Waals surface area contributed by atoms with Crippen LogP contribution in [0.1, 0.15) is 33.3 Å². The fourth-order valence-corrected chi connectivity index (χ4v) is 2.76. The first-order valence-corrected chi connectivity index (χ1v) is 8.17. The fourth-order valence-electron chi connectivity index (χ4n) is 2.76. The van der Waals surface area contributed by atoms with Gasteiger partial charge in [0.05, 0.1) is 18.5 Å². The van der Waals surface area contributed by atoms with Crippen molar-refractivity contribution in [2.24, 2.45) is 5.73 Å². The molecule has 0 aliphatic carbocycles. The molecule has 0 unspecified atom stereocenters. The van der Waals surface area contributed by atoms with Gasteiger partial charge in [-0.3, -0.25) is 4.79 Å². The highest BCUT2D eigenvalue weighted by Gasteiger charge is 2.35. The zero-order valence-electron chi connectivity index (χ0n) is 14.9. The van der Waals surface area contributed by atoms with E-state index >= 15 is 0 Å². The Morgan fingerprint density at radius 2 is 2.08 bits per heavy atom. The summed E-state index contributed by atoms with van der Waals surface area (Å²) in [7, 11) is 0. The maximum absolute atomic E-state index is 11.4. The number of carbonyl (C=O) groups is 1. The summed E-state index contributed by atoms with van der Waals surface area (Å²) in [5.41, 5.74) is 6.14. The standard InChI is InChI=1S/C19H23N3O3/c1-18(2)11-24-13-6-5-7-14(16(13)18)25-15-9-8-12(10-21-15)22-19(3,4)17(20)23/h5-10,22H,11H2,1-4H3,(H2,20,23). The highest BCUT2D eigenvalue weighted by molar-refractivity contribution is 5.86. The van der Waals surface area contributed by atoms with Gasteiger partial charge in [-0.1, -0.05) is 19.9 Å². The Bertz CT molecular complexity index is 798. The van der Waals surface area contributed by atoms with Crippen molar-refractivity contribution in [3.63, 3.8) is 0 Å². The molecule has 1 aromatic heterocycles. The summed E-state index contributed by atoms with van der Waals surface area (Å²) < 4.78 is 11.7. The number of fused-ring (bicyclic) bond motifs is 1. The minimum Gasteiger partial charge on any atom is -0.492 e. The van der Waals surface area contributed by atoms with E-state index < -0.39 is 11.4 Å². The molecule has 25 heavy (non-hydrogen) atoms. The van der Waals surface area contributed by atoms with E-state index in [1.165, 1.54) is 0 Å². The first-order valence-electron chi connectivity index (χ1n) is 8.17. The van der Waals surface area contributed by atoms with Crippen LogP contribution in [0.5, 0.6) is 17.4 Å². The minimum atomic E-state index is -0.855. The number of rotatable bonds is 5. The number of aromatic nitrogens is 1. The molecule has 0 spiro atoms. The van der Waals surface area contributed by atoms with Crippen molar-refractivity contribution < 1.29 is 14.3 Å². The molecular formula is C19H23N3O3. The highest BCUT2D eigenvalue weighted by Crippen LogP contribution is 2.45. The van der Waals surface area contributed by atoms with Crippen LogP contribution in [0.2, 0.25) is 0 Å². The molecule has 2 aromatic rings. The molecule has 3 N–H and O–H groups in total. The summed E-state index contributed by atoms with van der Waals surface area (Å²) in [6.45, 7) is 8.31. The lowest BCUT2D eigenvalue weighted by atomic mass is 9.86. The number of nitrogens with zero attached hydrogens (tertiary/aromatic N) is 1. The average molecular weight is 341 g/mol. The Morgan fingerprint density at radius 1 is 1.32 bits per heavy atom. The van der Waals surface area contributed by atoms with E-state index in [9.17, 15) is 4.79 Å². The van der Waals surface area contributed by atoms with Gasteiger partial charge in [-0.05, 0) is 32.0 Å². The summed E-state index contributed by atoms with van der Waals surface area (Å²) >= 11 is 0. The van der Waals surface area contributed by atoms with Crippen LogP contribution < -0.4 is 20.5 Å². The van der Waals surface area contributed by atoms with Crippen LogP contribution in [0.3, 0.4) is 0 Å². The number of nitrogens with one attached hydrogen (secondary N) is 1. The molecule has 0 saturated heterocycles. The number of hydrogen-bond acceptors (Lipinski definition) is 5. The second-order valence-electron chi connectivity index (χ2n) is 7.40. The van der Waals surface area contributed by atoms with Crippen molar-refractivity contribution in [3.05, 3.63) is 42.1 Å². The van der Waals surface area contributed by atoms with Crippen LogP contribution in [0, 0.1) is 0 Å². The highest BCUT2D eigenvalue weighted by atomic mass is 16.5. The zero-order valence-corrected chi connectivity index (χ0v) is 14.9. The largest absolute Gasteiger partial charge is 0.492 e. The number of anilines is 1. The molecule has 6 nitrogen and oxygen atoms in total. The van der Waals surface area contributed by atoms with Gasteiger partial charge in [0.2, 0.25) is 11.8 Å². The summed E-state index contributed by atoms with van der Waals surface area (Å²) in [6.07, 6.45) is 1.62. The predicted octanol–water partition coefficient (Wildman–Crippen LogP) is 3.22. The molecule has 2 heterocycles. The number of hydrogen-bond donors (Lipinski definition) is 2. The molecule has 0 fully saturated rings. The molecule has 1 aromatic carbocycles. The molecule has 0 saturated carbocycles. The summed E-state index contributed by atoms with van der Waals surface area (Å²) in [5, 5.41) is 3.05. The Balaban J connectivity index is 1.80. The van der Waals surface area contributed by atoms with Gasteiger partial charge < -0.3 is 20.5 Å². The second kappa shape index (κ2) is 5.95.